The van der Waals surface area contributed by atoms with Crippen LogP contribution in [0.3, 0.4) is 0 Å². The molecule has 2 fully saturated rings. The third-order valence-electron chi connectivity index (χ3n) is 5.45. The lowest BCUT2D eigenvalue weighted by Gasteiger charge is -2.27. The quantitative estimate of drug-likeness (QED) is 0.645. The van der Waals surface area contributed by atoms with Crippen molar-refractivity contribution in [2.45, 2.75) is 64.4 Å². The smallest absolute Gasteiger partial charge is 0.217 e. The van der Waals surface area contributed by atoms with Crippen molar-refractivity contribution in [1.29, 1.82) is 0 Å². The largest absolute Gasteiger partial charge is 0.488 e. The number of pyridine rings is 1. The second-order valence-electron chi connectivity index (χ2n) is 8.14. The molecule has 0 aliphatic heterocycles. The van der Waals surface area contributed by atoms with E-state index < -0.39 is 18.2 Å². The van der Waals surface area contributed by atoms with Crippen molar-refractivity contribution >= 4 is 11.7 Å². The van der Waals surface area contributed by atoms with Gasteiger partial charge in [0.05, 0.1) is 0 Å². The molecule has 0 radical (unpaired) electrons. The van der Waals surface area contributed by atoms with Crippen LogP contribution in [0.15, 0.2) is 12.3 Å². The normalized spacial score (nSPS) is 20.3. The average molecular weight is 362 g/mol. The highest BCUT2D eigenvalue weighted by Gasteiger charge is 2.44. The Hall–Kier alpha value is -1.98. The molecule has 0 bridgehead atoms. The molecule has 2 atom stereocenters. The molecule has 1 aromatic rings. The summed E-state index contributed by atoms with van der Waals surface area (Å²) < 4.78 is 18.6. The minimum atomic E-state index is -0.589. The lowest BCUT2D eigenvalue weighted by atomic mass is 9.76. The van der Waals surface area contributed by atoms with Crippen molar-refractivity contribution in [3.8, 4) is 5.75 Å². The summed E-state index contributed by atoms with van der Waals surface area (Å²) in [5.41, 5.74) is 6.23. The van der Waals surface area contributed by atoms with Crippen LogP contribution in [-0.2, 0) is 4.79 Å². The molecule has 26 heavy (non-hydrogen) atoms. The zero-order valence-electron chi connectivity index (χ0n) is 15.5. The Labute approximate surface area is 153 Å². The minimum Gasteiger partial charge on any atom is -0.488 e. The first-order valence-corrected chi connectivity index (χ1v) is 9.36. The number of carbonyl (C=O) groups is 2. The number of nitrogens with zero attached hydrogens (tertiary/aromatic N) is 1. The summed E-state index contributed by atoms with van der Waals surface area (Å²) >= 11 is 0. The number of rotatable bonds is 10. The molecule has 1 amide bonds. The van der Waals surface area contributed by atoms with E-state index in [1.807, 2.05) is 6.92 Å². The van der Waals surface area contributed by atoms with Crippen LogP contribution < -0.4 is 10.5 Å². The van der Waals surface area contributed by atoms with E-state index in [-0.39, 0.29) is 24.5 Å². The molecule has 142 valence electrons. The van der Waals surface area contributed by atoms with Crippen LogP contribution in [0.1, 0.15) is 74.3 Å². The van der Waals surface area contributed by atoms with Gasteiger partial charge >= 0.3 is 0 Å². The fourth-order valence-electron chi connectivity index (χ4n) is 3.64. The number of hydrogen-bond donors (Lipinski definition) is 1. The summed E-state index contributed by atoms with van der Waals surface area (Å²) in [6.45, 7) is 3.03. The van der Waals surface area contributed by atoms with Gasteiger partial charge in [0.1, 0.15) is 24.2 Å². The highest BCUT2D eigenvalue weighted by molar-refractivity contribution is 5.95. The lowest BCUT2D eigenvalue weighted by molar-refractivity contribution is -0.120. The molecular formula is C20H27FN2O3. The first-order valence-electron chi connectivity index (χ1n) is 9.36. The molecule has 0 aromatic carbocycles. The van der Waals surface area contributed by atoms with Gasteiger partial charge in [0, 0.05) is 30.7 Å². The van der Waals surface area contributed by atoms with Crippen LogP contribution in [0, 0.1) is 11.3 Å². The van der Waals surface area contributed by atoms with Gasteiger partial charge in [0.15, 0.2) is 5.78 Å². The number of ketones is 1. The molecule has 0 saturated heterocycles. The Bertz CT molecular complexity index is 700. The molecule has 2 aliphatic rings. The van der Waals surface area contributed by atoms with Gasteiger partial charge in [-0.1, -0.05) is 6.92 Å². The number of amides is 1. The number of nitrogens with two attached hydrogens (primary N) is 1. The van der Waals surface area contributed by atoms with Crippen LogP contribution in [0.4, 0.5) is 4.39 Å². The van der Waals surface area contributed by atoms with E-state index in [1.54, 1.807) is 19.2 Å². The molecule has 6 heteroatoms. The molecule has 5 nitrogen and oxygen atoms in total. The first-order chi connectivity index (χ1) is 12.3. The minimum absolute atomic E-state index is 0.124. The maximum atomic E-state index is 12.9. The summed E-state index contributed by atoms with van der Waals surface area (Å²) in [6, 6.07) is 1.64. The topological polar surface area (TPSA) is 82.3 Å². The number of hydrogen-bond acceptors (Lipinski definition) is 4. The third-order valence-corrected chi connectivity index (χ3v) is 5.45. The number of carbonyl (C=O) groups excluding carboxylic acids is 2. The zero-order valence-corrected chi connectivity index (χ0v) is 15.5. The van der Waals surface area contributed by atoms with Crippen LogP contribution in [-0.4, -0.2) is 29.5 Å². The van der Waals surface area contributed by atoms with Gasteiger partial charge in [-0.25, -0.2) is 4.39 Å². The highest BCUT2D eigenvalue weighted by Crippen LogP contribution is 2.50. The predicted molar refractivity (Wildman–Crippen MR) is 95.9 cm³/mol. The summed E-state index contributed by atoms with van der Waals surface area (Å²) in [6.07, 6.45) is 5.72. The summed E-state index contributed by atoms with van der Waals surface area (Å²) in [5.74, 6) is 0.789. The van der Waals surface area contributed by atoms with Crippen molar-refractivity contribution in [3.05, 3.63) is 23.5 Å². The number of halogens is 1. The fourth-order valence-corrected chi connectivity index (χ4v) is 3.64. The van der Waals surface area contributed by atoms with Crippen LogP contribution >= 0.6 is 0 Å². The van der Waals surface area contributed by atoms with Gasteiger partial charge in [-0.3, -0.25) is 14.6 Å². The van der Waals surface area contributed by atoms with E-state index in [0.29, 0.717) is 23.3 Å². The Morgan fingerprint density at radius 3 is 2.58 bits per heavy atom. The molecule has 1 aromatic heterocycles. The SMILES string of the molecule is CC(CF)Oc1cc(C(=O)CC(C)(CC(N)=O)C2CC2)ncc1C1CC1. The van der Waals surface area contributed by atoms with Crippen molar-refractivity contribution in [3.63, 3.8) is 0 Å². The Kier molecular flexibility index (Phi) is 5.30. The Morgan fingerprint density at radius 1 is 1.35 bits per heavy atom. The maximum Gasteiger partial charge on any atom is 0.217 e. The summed E-state index contributed by atoms with van der Waals surface area (Å²) in [7, 11) is 0. The van der Waals surface area contributed by atoms with E-state index in [9.17, 15) is 14.0 Å². The van der Waals surface area contributed by atoms with Crippen molar-refractivity contribution in [2.75, 3.05) is 6.67 Å². The number of aromatic nitrogens is 1. The fraction of sp³-hybridized carbons (Fsp3) is 0.650. The van der Waals surface area contributed by atoms with Crippen LogP contribution in [0.2, 0.25) is 0 Å². The van der Waals surface area contributed by atoms with E-state index in [2.05, 4.69) is 4.98 Å². The van der Waals surface area contributed by atoms with Crippen molar-refractivity contribution in [1.82, 2.24) is 4.98 Å². The van der Waals surface area contributed by atoms with Crippen LogP contribution in [0.5, 0.6) is 5.75 Å². The van der Waals surface area contributed by atoms with E-state index in [1.165, 1.54) is 0 Å². The van der Waals surface area contributed by atoms with Gasteiger partial charge in [-0.15, -0.1) is 0 Å². The molecule has 2 aliphatic carbocycles. The number of Topliss-reactive ketones (excluding diaryl/α,β-unsaturated/α-hetero) is 1. The van der Waals surface area contributed by atoms with Crippen LogP contribution in [0.25, 0.3) is 0 Å². The average Bonchev–Trinajstić information content (AvgIpc) is 3.46. The molecule has 3 rings (SSSR count). The molecule has 0 spiro atoms. The van der Waals surface area contributed by atoms with E-state index in [4.69, 9.17) is 10.5 Å². The summed E-state index contributed by atoms with van der Waals surface area (Å²) in [5, 5.41) is 0. The number of ether oxygens (including phenoxy) is 1. The highest BCUT2D eigenvalue weighted by atomic mass is 19.1. The molecule has 2 unspecified atom stereocenters. The first kappa shape index (κ1) is 18.8. The van der Waals surface area contributed by atoms with Crippen molar-refractivity contribution < 1.29 is 18.7 Å². The lowest BCUT2D eigenvalue weighted by Crippen LogP contribution is -2.30. The van der Waals surface area contributed by atoms with E-state index in [0.717, 1.165) is 31.2 Å². The molecule has 2 saturated carbocycles. The third kappa shape index (κ3) is 4.40. The number of primary amides is 1. The maximum absolute atomic E-state index is 12.9. The van der Waals surface area contributed by atoms with Gasteiger partial charge in [0.25, 0.3) is 0 Å². The standard InChI is InChI=1S/C20H27FN2O3/c1-12(10-21)26-18-7-16(23-11-15(18)13-3-4-13)17(24)8-20(2,9-19(22)25)14-5-6-14/h7,11-14H,3-6,8-10H2,1-2H3,(H2,22,25). The Balaban J connectivity index is 1.80. The van der Waals surface area contributed by atoms with Gasteiger partial charge in [0.2, 0.25) is 5.91 Å². The van der Waals surface area contributed by atoms with Crippen molar-refractivity contribution in [2.24, 2.45) is 17.1 Å². The second kappa shape index (κ2) is 7.33. The molecule has 1 heterocycles. The zero-order chi connectivity index (χ0) is 18.9. The van der Waals surface area contributed by atoms with Gasteiger partial charge < -0.3 is 10.5 Å². The molecule has 2 N–H and O–H groups in total. The Morgan fingerprint density at radius 2 is 2.04 bits per heavy atom. The molecular weight excluding hydrogens is 335 g/mol. The second-order valence-corrected chi connectivity index (χ2v) is 8.14. The summed E-state index contributed by atoms with van der Waals surface area (Å²) in [4.78, 5) is 28.6. The van der Waals surface area contributed by atoms with Gasteiger partial charge in [-0.05, 0) is 49.9 Å². The predicted octanol–water partition coefficient (Wildman–Crippen LogP) is 3.56. The van der Waals surface area contributed by atoms with E-state index >= 15 is 0 Å². The number of alkyl halides is 1. The van der Waals surface area contributed by atoms with Gasteiger partial charge in [-0.2, -0.15) is 0 Å². The monoisotopic (exact) mass is 362 g/mol.